The molecule has 4 nitrogen and oxygen atoms in total. The molecule has 6 heteroatoms. The Hall–Kier alpha value is -1.69. The fourth-order valence-corrected chi connectivity index (χ4v) is 1.96. The summed E-state index contributed by atoms with van der Waals surface area (Å²) in [5.74, 6) is 0.0381. The quantitative estimate of drug-likeness (QED) is 0.873. The van der Waals surface area contributed by atoms with Crippen LogP contribution >= 0.6 is 0 Å². The van der Waals surface area contributed by atoms with E-state index in [0.717, 1.165) is 0 Å². The van der Waals surface area contributed by atoms with Crippen molar-refractivity contribution < 1.29 is 18.3 Å². The number of amides is 1. The standard InChI is InChI=1S/C14H20F2N2O2/c1-9(17-10(2)13(19)18(3)4)11-7-5-6-8-12(11)20-14(15)16/h5-10,14,17H,1-4H3. The van der Waals surface area contributed by atoms with Gasteiger partial charge in [-0.05, 0) is 19.9 Å². The van der Waals surface area contributed by atoms with Crippen molar-refractivity contribution in [3.05, 3.63) is 29.8 Å². The molecule has 0 spiro atoms. The predicted molar refractivity (Wildman–Crippen MR) is 72.8 cm³/mol. The maximum Gasteiger partial charge on any atom is 0.387 e. The molecule has 2 atom stereocenters. The molecule has 0 aliphatic heterocycles. The third-order valence-electron chi connectivity index (χ3n) is 2.91. The molecule has 0 heterocycles. The second-order valence-electron chi connectivity index (χ2n) is 4.76. The first-order valence-electron chi connectivity index (χ1n) is 6.34. The topological polar surface area (TPSA) is 41.6 Å². The van der Waals surface area contributed by atoms with Crippen molar-refractivity contribution in [1.82, 2.24) is 10.2 Å². The Balaban J connectivity index is 2.82. The van der Waals surface area contributed by atoms with Gasteiger partial charge in [0.05, 0.1) is 6.04 Å². The number of hydrogen-bond acceptors (Lipinski definition) is 3. The highest BCUT2D eigenvalue weighted by Crippen LogP contribution is 2.26. The van der Waals surface area contributed by atoms with E-state index in [0.29, 0.717) is 5.56 Å². The molecule has 0 saturated carbocycles. The van der Waals surface area contributed by atoms with Crippen molar-refractivity contribution in [2.24, 2.45) is 0 Å². The number of halogens is 2. The molecule has 1 aromatic rings. The first kappa shape index (κ1) is 16.4. The van der Waals surface area contributed by atoms with Gasteiger partial charge in [-0.3, -0.25) is 10.1 Å². The van der Waals surface area contributed by atoms with Gasteiger partial charge >= 0.3 is 6.61 Å². The maximum absolute atomic E-state index is 12.4. The van der Waals surface area contributed by atoms with Gasteiger partial charge in [-0.1, -0.05) is 18.2 Å². The highest BCUT2D eigenvalue weighted by atomic mass is 19.3. The Bertz CT molecular complexity index is 453. The molecule has 0 saturated heterocycles. The SMILES string of the molecule is CC(NC(C)c1ccccc1OC(F)F)C(=O)N(C)C. The molecule has 0 fully saturated rings. The van der Waals surface area contributed by atoms with Gasteiger partial charge in [-0.15, -0.1) is 0 Å². The van der Waals surface area contributed by atoms with E-state index in [1.54, 1.807) is 46.1 Å². The van der Waals surface area contributed by atoms with Crippen molar-refractivity contribution in [2.45, 2.75) is 32.5 Å². The monoisotopic (exact) mass is 286 g/mol. The van der Waals surface area contributed by atoms with E-state index in [4.69, 9.17) is 0 Å². The number of para-hydroxylation sites is 1. The second-order valence-corrected chi connectivity index (χ2v) is 4.76. The summed E-state index contributed by atoms with van der Waals surface area (Å²) in [4.78, 5) is 13.3. The van der Waals surface area contributed by atoms with Gasteiger partial charge in [-0.2, -0.15) is 8.78 Å². The molecule has 1 amide bonds. The number of alkyl halides is 2. The molecule has 0 aliphatic carbocycles. The highest BCUT2D eigenvalue weighted by molar-refractivity contribution is 5.80. The van der Waals surface area contributed by atoms with Gasteiger partial charge in [0.25, 0.3) is 0 Å². The minimum atomic E-state index is -2.87. The Morgan fingerprint density at radius 3 is 2.40 bits per heavy atom. The van der Waals surface area contributed by atoms with Gasteiger partial charge < -0.3 is 9.64 Å². The summed E-state index contributed by atoms with van der Waals surface area (Å²) in [5, 5.41) is 3.07. The van der Waals surface area contributed by atoms with Gasteiger partial charge in [0.2, 0.25) is 5.91 Å². The zero-order chi connectivity index (χ0) is 15.3. The van der Waals surface area contributed by atoms with Crippen LogP contribution in [0.5, 0.6) is 5.75 Å². The lowest BCUT2D eigenvalue weighted by atomic mass is 10.1. The van der Waals surface area contributed by atoms with E-state index >= 15 is 0 Å². The van der Waals surface area contributed by atoms with E-state index in [1.165, 1.54) is 11.0 Å². The number of carbonyl (C=O) groups is 1. The Morgan fingerprint density at radius 1 is 1.25 bits per heavy atom. The Labute approximate surface area is 117 Å². The van der Waals surface area contributed by atoms with Gasteiger partial charge in [0, 0.05) is 25.7 Å². The first-order valence-corrected chi connectivity index (χ1v) is 6.34. The second kappa shape index (κ2) is 7.19. The van der Waals surface area contributed by atoms with Crippen molar-refractivity contribution in [1.29, 1.82) is 0 Å². The van der Waals surface area contributed by atoms with E-state index in [1.807, 2.05) is 0 Å². The van der Waals surface area contributed by atoms with Crippen LogP contribution in [0.15, 0.2) is 24.3 Å². The number of likely N-dealkylation sites (N-methyl/N-ethyl adjacent to an activating group) is 1. The molecule has 2 unspecified atom stereocenters. The van der Waals surface area contributed by atoms with E-state index in [-0.39, 0.29) is 17.7 Å². The summed E-state index contributed by atoms with van der Waals surface area (Å²) in [6.07, 6.45) is 0. The normalized spacial score (nSPS) is 13.9. The van der Waals surface area contributed by atoms with Crippen LogP contribution in [0.25, 0.3) is 0 Å². The lowest BCUT2D eigenvalue weighted by Crippen LogP contribution is -2.42. The minimum Gasteiger partial charge on any atom is -0.434 e. The zero-order valence-electron chi connectivity index (χ0n) is 12.1. The number of hydrogen-bond donors (Lipinski definition) is 1. The molecule has 1 aromatic carbocycles. The van der Waals surface area contributed by atoms with Crippen LogP contribution in [0.1, 0.15) is 25.5 Å². The van der Waals surface area contributed by atoms with Crippen molar-refractivity contribution in [2.75, 3.05) is 14.1 Å². The smallest absolute Gasteiger partial charge is 0.387 e. The Kier molecular flexibility index (Phi) is 5.88. The van der Waals surface area contributed by atoms with Crippen molar-refractivity contribution >= 4 is 5.91 Å². The van der Waals surface area contributed by atoms with E-state index in [9.17, 15) is 13.6 Å². The van der Waals surface area contributed by atoms with Crippen LogP contribution in [0.3, 0.4) is 0 Å². The summed E-state index contributed by atoms with van der Waals surface area (Å²) in [7, 11) is 3.33. The molecule has 112 valence electrons. The summed E-state index contributed by atoms with van der Waals surface area (Å²) in [6, 6.07) is 5.84. The number of carbonyl (C=O) groups excluding carboxylic acids is 1. The molecule has 1 N–H and O–H groups in total. The molecule has 20 heavy (non-hydrogen) atoms. The summed E-state index contributed by atoms with van der Waals surface area (Å²) < 4.78 is 29.2. The number of nitrogens with one attached hydrogen (secondary N) is 1. The molecule has 0 aromatic heterocycles. The fourth-order valence-electron chi connectivity index (χ4n) is 1.96. The van der Waals surface area contributed by atoms with Crippen LogP contribution in [-0.4, -0.2) is 37.6 Å². The first-order chi connectivity index (χ1) is 9.32. The van der Waals surface area contributed by atoms with Crippen LogP contribution in [0.4, 0.5) is 8.78 Å². The van der Waals surface area contributed by atoms with Crippen molar-refractivity contribution in [3.63, 3.8) is 0 Å². The van der Waals surface area contributed by atoms with Gasteiger partial charge in [0.1, 0.15) is 5.75 Å². The van der Waals surface area contributed by atoms with Gasteiger partial charge in [-0.25, -0.2) is 0 Å². The van der Waals surface area contributed by atoms with Gasteiger partial charge in [0.15, 0.2) is 0 Å². The number of nitrogens with zero attached hydrogens (tertiary/aromatic N) is 1. The number of rotatable bonds is 6. The van der Waals surface area contributed by atoms with E-state index in [2.05, 4.69) is 10.1 Å². The number of benzene rings is 1. The van der Waals surface area contributed by atoms with Crippen molar-refractivity contribution in [3.8, 4) is 5.75 Å². The zero-order valence-corrected chi connectivity index (χ0v) is 12.1. The van der Waals surface area contributed by atoms with Crippen LogP contribution in [-0.2, 0) is 4.79 Å². The third-order valence-corrected chi connectivity index (χ3v) is 2.91. The van der Waals surface area contributed by atoms with Crippen LogP contribution in [0, 0.1) is 0 Å². The molecule has 0 aliphatic rings. The minimum absolute atomic E-state index is 0.0795. The van der Waals surface area contributed by atoms with Crippen LogP contribution < -0.4 is 10.1 Å². The summed E-state index contributed by atoms with van der Waals surface area (Å²) >= 11 is 0. The molecule has 0 bridgehead atoms. The fraction of sp³-hybridized carbons (Fsp3) is 0.500. The highest BCUT2D eigenvalue weighted by Gasteiger charge is 2.20. The summed E-state index contributed by atoms with van der Waals surface area (Å²) in [6.45, 7) is 0.659. The predicted octanol–water partition coefficient (Wildman–Crippen LogP) is 2.42. The largest absolute Gasteiger partial charge is 0.434 e. The molecule has 1 rings (SSSR count). The third kappa shape index (κ3) is 4.45. The van der Waals surface area contributed by atoms with Crippen LogP contribution in [0.2, 0.25) is 0 Å². The maximum atomic E-state index is 12.4. The average Bonchev–Trinajstić information content (AvgIpc) is 2.37. The lowest BCUT2D eigenvalue weighted by molar-refractivity contribution is -0.130. The van der Waals surface area contributed by atoms with E-state index < -0.39 is 12.7 Å². The number of ether oxygens (including phenoxy) is 1. The Morgan fingerprint density at radius 2 is 1.85 bits per heavy atom. The molecule has 0 radical (unpaired) electrons. The lowest BCUT2D eigenvalue weighted by Gasteiger charge is -2.23. The summed E-state index contributed by atoms with van der Waals surface area (Å²) in [5.41, 5.74) is 0.589. The molecular weight excluding hydrogens is 266 g/mol. The average molecular weight is 286 g/mol. The molecular formula is C14H20F2N2O2.